The highest BCUT2D eigenvalue weighted by molar-refractivity contribution is 9.10. The molecule has 16 heavy (non-hydrogen) atoms. The van der Waals surface area contributed by atoms with E-state index in [1.807, 2.05) is 19.1 Å². The van der Waals surface area contributed by atoms with Crippen LogP contribution in [-0.4, -0.2) is 9.55 Å². The summed E-state index contributed by atoms with van der Waals surface area (Å²) < 4.78 is 3.26. The van der Waals surface area contributed by atoms with E-state index in [4.69, 9.17) is 11.6 Å². The molecular weight excluding hydrogens is 288 g/mol. The van der Waals surface area contributed by atoms with E-state index in [0.717, 1.165) is 34.3 Å². The van der Waals surface area contributed by atoms with E-state index >= 15 is 0 Å². The number of fused-ring (bicyclic) bond motifs is 1. The van der Waals surface area contributed by atoms with Crippen molar-refractivity contribution < 1.29 is 0 Å². The number of aryl methyl sites for hydroxylation is 1. The first-order chi connectivity index (χ1) is 7.63. The molecular formula is C12H14BrClN2. The fraction of sp³-hybridized carbons (Fsp3) is 0.417. The zero-order chi connectivity index (χ0) is 11.7. The molecule has 0 aliphatic carbocycles. The van der Waals surface area contributed by atoms with Crippen LogP contribution >= 0.6 is 27.5 Å². The Kier molecular flexibility index (Phi) is 3.55. The van der Waals surface area contributed by atoms with Crippen molar-refractivity contribution in [2.45, 2.75) is 32.2 Å². The van der Waals surface area contributed by atoms with Crippen molar-refractivity contribution in [2.75, 3.05) is 0 Å². The number of halogens is 2. The predicted molar refractivity (Wildman–Crippen MR) is 72.0 cm³/mol. The highest BCUT2D eigenvalue weighted by Gasteiger charge is 2.14. The molecule has 0 amide bonds. The van der Waals surface area contributed by atoms with Gasteiger partial charge in [-0.3, -0.25) is 0 Å². The van der Waals surface area contributed by atoms with Crippen molar-refractivity contribution in [1.82, 2.24) is 9.55 Å². The highest BCUT2D eigenvalue weighted by Crippen LogP contribution is 2.26. The van der Waals surface area contributed by atoms with Crippen molar-refractivity contribution in [3.05, 3.63) is 28.5 Å². The van der Waals surface area contributed by atoms with Crippen molar-refractivity contribution in [3.63, 3.8) is 0 Å². The van der Waals surface area contributed by atoms with Gasteiger partial charge >= 0.3 is 0 Å². The normalized spacial score (nSPS) is 13.2. The third-order valence-electron chi connectivity index (χ3n) is 2.54. The number of rotatable bonds is 3. The topological polar surface area (TPSA) is 17.8 Å². The summed E-state index contributed by atoms with van der Waals surface area (Å²) in [4.78, 5) is 4.59. The second-order valence-electron chi connectivity index (χ2n) is 3.87. The smallest absolute Gasteiger partial charge is 0.127 e. The Hall–Kier alpha value is -0.540. The summed E-state index contributed by atoms with van der Waals surface area (Å²) in [6, 6.07) is 6.16. The summed E-state index contributed by atoms with van der Waals surface area (Å²) in [6.07, 6.45) is 1.08. The average molecular weight is 302 g/mol. The summed E-state index contributed by atoms with van der Waals surface area (Å²) in [6.45, 7) is 5.09. The molecule has 2 aromatic rings. The van der Waals surface area contributed by atoms with Gasteiger partial charge in [0.05, 0.1) is 16.4 Å². The Morgan fingerprint density at radius 3 is 2.88 bits per heavy atom. The first kappa shape index (κ1) is 11.9. The van der Waals surface area contributed by atoms with Gasteiger partial charge in [0.25, 0.3) is 0 Å². The highest BCUT2D eigenvalue weighted by atomic mass is 79.9. The number of hydrogen-bond donors (Lipinski definition) is 0. The Morgan fingerprint density at radius 2 is 2.25 bits per heavy atom. The van der Waals surface area contributed by atoms with E-state index in [-0.39, 0.29) is 5.38 Å². The molecule has 0 aliphatic rings. The molecule has 0 bridgehead atoms. The predicted octanol–water partition coefficient (Wildman–Crippen LogP) is 4.51. The molecule has 0 fully saturated rings. The molecule has 2 nitrogen and oxygen atoms in total. The number of imidazole rings is 1. The van der Waals surface area contributed by atoms with Crippen molar-refractivity contribution >= 4 is 38.6 Å². The molecule has 0 saturated heterocycles. The minimum absolute atomic E-state index is 0.0577. The number of nitrogens with zero attached hydrogens (tertiary/aromatic N) is 2. The molecule has 86 valence electrons. The molecule has 0 spiro atoms. The van der Waals surface area contributed by atoms with Crippen LogP contribution in [0.15, 0.2) is 22.7 Å². The monoisotopic (exact) mass is 300 g/mol. The number of aromatic nitrogens is 2. The van der Waals surface area contributed by atoms with E-state index in [2.05, 4.69) is 38.5 Å². The molecule has 2 rings (SSSR count). The van der Waals surface area contributed by atoms with Gasteiger partial charge in [-0.1, -0.05) is 22.9 Å². The third-order valence-corrected chi connectivity index (χ3v) is 3.23. The fourth-order valence-corrected chi connectivity index (χ4v) is 2.40. The van der Waals surface area contributed by atoms with Crippen LogP contribution in [0, 0.1) is 0 Å². The first-order valence-corrected chi connectivity index (χ1v) is 6.66. The summed E-state index contributed by atoms with van der Waals surface area (Å²) in [5, 5.41) is -0.0577. The molecule has 1 heterocycles. The van der Waals surface area contributed by atoms with Gasteiger partial charge in [0.15, 0.2) is 0 Å². The second-order valence-corrected chi connectivity index (χ2v) is 5.44. The summed E-state index contributed by atoms with van der Waals surface area (Å²) in [5.41, 5.74) is 2.16. The van der Waals surface area contributed by atoms with Crippen LogP contribution < -0.4 is 0 Å². The van der Waals surface area contributed by atoms with Gasteiger partial charge in [-0.2, -0.15) is 0 Å². The van der Waals surface area contributed by atoms with E-state index in [1.54, 1.807) is 0 Å². The zero-order valence-electron chi connectivity index (χ0n) is 9.37. The van der Waals surface area contributed by atoms with Crippen LogP contribution in [0.5, 0.6) is 0 Å². The van der Waals surface area contributed by atoms with Gasteiger partial charge in [0.2, 0.25) is 0 Å². The van der Waals surface area contributed by atoms with E-state index in [0.29, 0.717) is 0 Å². The lowest BCUT2D eigenvalue weighted by Gasteiger charge is -2.08. The summed E-state index contributed by atoms with van der Waals surface area (Å²) >= 11 is 9.62. The van der Waals surface area contributed by atoms with Crippen LogP contribution in [0.2, 0.25) is 0 Å². The van der Waals surface area contributed by atoms with Gasteiger partial charge in [-0.25, -0.2) is 4.98 Å². The minimum atomic E-state index is -0.0577. The standard InChI is InChI=1S/C12H14BrClN2/c1-3-6-16-11-5-4-9(13)7-10(11)15-12(16)8(2)14/h4-5,7-8H,3,6H2,1-2H3. The molecule has 0 saturated carbocycles. The summed E-state index contributed by atoms with van der Waals surface area (Å²) in [5.74, 6) is 0.955. The quantitative estimate of drug-likeness (QED) is 0.763. The maximum Gasteiger partial charge on any atom is 0.127 e. The third kappa shape index (κ3) is 2.11. The lowest BCUT2D eigenvalue weighted by atomic mass is 10.3. The largest absolute Gasteiger partial charge is 0.327 e. The SMILES string of the molecule is CCCn1c(C(C)Cl)nc2cc(Br)ccc21. The van der Waals surface area contributed by atoms with E-state index in [1.165, 1.54) is 0 Å². The maximum atomic E-state index is 6.16. The van der Waals surface area contributed by atoms with Crippen LogP contribution in [0.3, 0.4) is 0 Å². The Bertz CT molecular complexity index is 505. The molecule has 1 aromatic carbocycles. The zero-order valence-corrected chi connectivity index (χ0v) is 11.7. The van der Waals surface area contributed by atoms with Crippen molar-refractivity contribution in [2.24, 2.45) is 0 Å². The van der Waals surface area contributed by atoms with E-state index in [9.17, 15) is 0 Å². The van der Waals surface area contributed by atoms with Crippen LogP contribution in [-0.2, 0) is 6.54 Å². The summed E-state index contributed by atoms with van der Waals surface area (Å²) in [7, 11) is 0. The van der Waals surface area contributed by atoms with Gasteiger partial charge in [-0.05, 0) is 31.5 Å². The molecule has 1 atom stereocenters. The molecule has 1 aromatic heterocycles. The van der Waals surface area contributed by atoms with Crippen LogP contribution in [0.4, 0.5) is 0 Å². The van der Waals surface area contributed by atoms with Crippen molar-refractivity contribution in [1.29, 1.82) is 0 Å². The van der Waals surface area contributed by atoms with E-state index < -0.39 is 0 Å². The van der Waals surface area contributed by atoms with Gasteiger partial charge < -0.3 is 4.57 Å². The van der Waals surface area contributed by atoms with Gasteiger partial charge in [0.1, 0.15) is 5.82 Å². The number of hydrogen-bond acceptors (Lipinski definition) is 1. The molecule has 4 heteroatoms. The van der Waals surface area contributed by atoms with Gasteiger partial charge in [-0.15, -0.1) is 11.6 Å². The molecule has 1 unspecified atom stereocenters. The Labute approximate surface area is 109 Å². The van der Waals surface area contributed by atoms with Crippen LogP contribution in [0.1, 0.15) is 31.5 Å². The van der Waals surface area contributed by atoms with Crippen molar-refractivity contribution in [3.8, 4) is 0 Å². The molecule has 0 N–H and O–H groups in total. The lowest BCUT2D eigenvalue weighted by molar-refractivity contribution is 0.654. The average Bonchev–Trinajstić information content (AvgIpc) is 2.57. The first-order valence-electron chi connectivity index (χ1n) is 5.43. The fourth-order valence-electron chi connectivity index (χ4n) is 1.88. The van der Waals surface area contributed by atoms with Crippen LogP contribution in [0.25, 0.3) is 11.0 Å². The van der Waals surface area contributed by atoms with Gasteiger partial charge in [0, 0.05) is 11.0 Å². The maximum absolute atomic E-state index is 6.16. The number of benzene rings is 1. The minimum Gasteiger partial charge on any atom is -0.327 e. The Morgan fingerprint density at radius 1 is 1.50 bits per heavy atom. The number of alkyl halides is 1. The second kappa shape index (κ2) is 4.76. The molecule has 0 aliphatic heterocycles. The molecule has 0 radical (unpaired) electrons. The Balaban J connectivity index is 2.65. The lowest BCUT2D eigenvalue weighted by Crippen LogP contribution is -2.03.